The van der Waals surface area contributed by atoms with Gasteiger partial charge in [-0.2, -0.15) is 0 Å². The molecule has 3 rings (SSSR count). The minimum Gasteiger partial charge on any atom is -0.349 e. The summed E-state index contributed by atoms with van der Waals surface area (Å²) in [5.74, 6) is 0.194. The summed E-state index contributed by atoms with van der Waals surface area (Å²) in [7, 11) is 0. The third kappa shape index (κ3) is 4.95. The fourth-order valence-corrected chi connectivity index (χ4v) is 4.33. The number of nitrogens with one attached hydrogen (secondary N) is 1. The minimum atomic E-state index is 0.0192. The summed E-state index contributed by atoms with van der Waals surface area (Å²) in [5, 5.41) is 4.06. The average Bonchev–Trinajstić information content (AvgIpc) is 2.66. The first kappa shape index (κ1) is 20.9. The largest absolute Gasteiger partial charge is 0.349 e. The lowest BCUT2D eigenvalue weighted by molar-refractivity contribution is -0.127. The zero-order chi connectivity index (χ0) is 20.3. The van der Waals surface area contributed by atoms with Gasteiger partial charge in [-0.05, 0) is 81.0 Å². The van der Waals surface area contributed by atoms with Crippen molar-refractivity contribution in [3.8, 4) is 0 Å². The van der Waals surface area contributed by atoms with Crippen LogP contribution in [0.4, 0.5) is 0 Å². The number of hydrogen-bond acceptors (Lipinski definition) is 2. The monoisotopic (exact) mass is 398 g/mol. The number of likely N-dealkylation sites (tertiary alicyclic amines) is 1. The van der Waals surface area contributed by atoms with Crippen molar-refractivity contribution < 1.29 is 4.79 Å². The first-order valence-electron chi connectivity index (χ1n) is 10.2. The molecule has 150 valence electrons. The molecule has 4 heteroatoms. The highest BCUT2D eigenvalue weighted by Gasteiger charge is 2.27. The van der Waals surface area contributed by atoms with Crippen LogP contribution in [0.15, 0.2) is 36.4 Å². The second-order valence-electron chi connectivity index (χ2n) is 8.19. The summed E-state index contributed by atoms with van der Waals surface area (Å²) in [6, 6.07) is 12.4. The summed E-state index contributed by atoms with van der Waals surface area (Å²) in [6.45, 7) is 11.1. The quantitative estimate of drug-likeness (QED) is 0.735. The molecule has 1 heterocycles. The van der Waals surface area contributed by atoms with E-state index in [1.54, 1.807) is 0 Å². The number of rotatable bonds is 5. The third-order valence-electron chi connectivity index (χ3n) is 5.94. The molecule has 2 atom stereocenters. The Morgan fingerprint density at radius 3 is 2.64 bits per heavy atom. The van der Waals surface area contributed by atoms with Gasteiger partial charge in [0.2, 0.25) is 5.91 Å². The van der Waals surface area contributed by atoms with E-state index >= 15 is 0 Å². The van der Waals surface area contributed by atoms with E-state index in [2.05, 4.69) is 56.1 Å². The van der Waals surface area contributed by atoms with Crippen LogP contribution < -0.4 is 5.32 Å². The summed E-state index contributed by atoms with van der Waals surface area (Å²) >= 11 is 6.31. The lowest BCUT2D eigenvalue weighted by atomic mass is 9.94. The molecular formula is C24H31ClN2O. The first-order valence-corrected chi connectivity index (χ1v) is 10.6. The van der Waals surface area contributed by atoms with E-state index in [9.17, 15) is 4.79 Å². The number of halogens is 1. The van der Waals surface area contributed by atoms with Gasteiger partial charge in [-0.25, -0.2) is 0 Å². The summed E-state index contributed by atoms with van der Waals surface area (Å²) < 4.78 is 0. The van der Waals surface area contributed by atoms with Crippen LogP contribution in [0.3, 0.4) is 0 Å². The maximum absolute atomic E-state index is 12.9. The van der Waals surface area contributed by atoms with E-state index in [1.807, 2.05) is 18.2 Å². The van der Waals surface area contributed by atoms with Gasteiger partial charge in [0, 0.05) is 18.1 Å². The fourth-order valence-electron chi connectivity index (χ4n) is 4.14. The third-order valence-corrected chi connectivity index (χ3v) is 6.30. The molecule has 3 nitrogen and oxygen atoms in total. The molecule has 1 aliphatic heterocycles. The Bertz CT molecular complexity index is 848. The van der Waals surface area contributed by atoms with E-state index in [1.165, 1.54) is 22.3 Å². The molecule has 2 aromatic rings. The predicted molar refractivity (Wildman–Crippen MR) is 117 cm³/mol. The summed E-state index contributed by atoms with van der Waals surface area (Å²) in [5.41, 5.74) is 6.14. The molecule has 1 fully saturated rings. The van der Waals surface area contributed by atoms with Crippen LogP contribution in [-0.4, -0.2) is 23.9 Å². The normalized spacial score (nSPS) is 18.7. The lowest BCUT2D eigenvalue weighted by Gasteiger charge is -2.33. The second-order valence-corrected chi connectivity index (χ2v) is 8.60. The number of aryl methyl sites for hydroxylation is 3. The molecule has 0 saturated carbocycles. The van der Waals surface area contributed by atoms with Crippen LogP contribution in [0.5, 0.6) is 0 Å². The van der Waals surface area contributed by atoms with Crippen molar-refractivity contribution in [2.45, 2.75) is 53.1 Å². The maximum Gasteiger partial charge on any atom is 0.224 e. The molecular weight excluding hydrogens is 368 g/mol. The Kier molecular flexibility index (Phi) is 6.79. The molecule has 28 heavy (non-hydrogen) atoms. The highest BCUT2D eigenvalue weighted by molar-refractivity contribution is 6.31. The van der Waals surface area contributed by atoms with Crippen molar-refractivity contribution in [1.29, 1.82) is 0 Å². The Balaban J connectivity index is 1.62. The van der Waals surface area contributed by atoms with Gasteiger partial charge in [-0.1, -0.05) is 41.9 Å². The number of piperidine rings is 1. The molecule has 1 aliphatic rings. The molecule has 1 amide bonds. The smallest absolute Gasteiger partial charge is 0.224 e. The zero-order valence-corrected chi connectivity index (χ0v) is 18.1. The Hall–Kier alpha value is -1.84. The highest BCUT2D eigenvalue weighted by atomic mass is 35.5. The second kappa shape index (κ2) is 9.11. The molecule has 1 N–H and O–H groups in total. The van der Waals surface area contributed by atoms with Crippen LogP contribution in [-0.2, 0) is 11.3 Å². The molecule has 1 saturated heterocycles. The van der Waals surface area contributed by atoms with Crippen LogP contribution >= 0.6 is 11.6 Å². The van der Waals surface area contributed by atoms with Crippen molar-refractivity contribution in [1.82, 2.24) is 10.2 Å². The van der Waals surface area contributed by atoms with Crippen molar-refractivity contribution in [3.63, 3.8) is 0 Å². The van der Waals surface area contributed by atoms with Gasteiger partial charge in [0.05, 0.1) is 12.0 Å². The molecule has 0 radical (unpaired) electrons. The van der Waals surface area contributed by atoms with Gasteiger partial charge < -0.3 is 5.32 Å². The molecule has 0 aliphatic carbocycles. The topological polar surface area (TPSA) is 32.3 Å². The highest BCUT2D eigenvalue weighted by Crippen LogP contribution is 2.25. The maximum atomic E-state index is 12.9. The molecule has 0 aromatic heterocycles. The zero-order valence-electron chi connectivity index (χ0n) is 17.4. The number of nitrogens with zero attached hydrogens (tertiary/aromatic N) is 1. The van der Waals surface area contributed by atoms with Gasteiger partial charge in [0.25, 0.3) is 0 Å². The molecule has 2 unspecified atom stereocenters. The Morgan fingerprint density at radius 2 is 1.89 bits per heavy atom. The summed E-state index contributed by atoms with van der Waals surface area (Å²) in [6.07, 6.45) is 1.99. The van der Waals surface area contributed by atoms with Gasteiger partial charge in [-0.3, -0.25) is 9.69 Å². The van der Waals surface area contributed by atoms with Crippen molar-refractivity contribution in [2.75, 3.05) is 13.1 Å². The van der Waals surface area contributed by atoms with Crippen molar-refractivity contribution in [2.24, 2.45) is 5.92 Å². The van der Waals surface area contributed by atoms with E-state index in [4.69, 9.17) is 11.6 Å². The SMILES string of the molecule is Cc1cc(C)c(C(C)NC(=O)C2CCCN(Cc3ccccc3Cl)C2)cc1C. The van der Waals surface area contributed by atoms with Gasteiger partial charge in [-0.15, -0.1) is 0 Å². The first-order chi connectivity index (χ1) is 13.3. The lowest BCUT2D eigenvalue weighted by Crippen LogP contribution is -2.43. The standard InChI is InChI=1S/C24H31ClN2O/c1-16-12-18(3)22(13-17(16)2)19(4)26-24(28)21-9-7-11-27(15-21)14-20-8-5-6-10-23(20)25/h5-6,8,10,12-13,19,21H,7,9,11,14-15H2,1-4H3,(H,26,28). The van der Waals surface area contributed by atoms with Gasteiger partial charge in [0.15, 0.2) is 0 Å². The summed E-state index contributed by atoms with van der Waals surface area (Å²) in [4.78, 5) is 15.3. The van der Waals surface area contributed by atoms with Gasteiger partial charge in [0.1, 0.15) is 0 Å². The fraction of sp³-hybridized carbons (Fsp3) is 0.458. The van der Waals surface area contributed by atoms with Crippen molar-refractivity contribution >= 4 is 17.5 Å². The predicted octanol–water partition coefficient (Wildman–Crippen LogP) is 5.35. The van der Waals surface area contributed by atoms with Crippen LogP contribution in [0.2, 0.25) is 5.02 Å². The van der Waals surface area contributed by atoms with Crippen LogP contribution in [0.1, 0.15) is 53.6 Å². The molecule has 2 aromatic carbocycles. The van der Waals surface area contributed by atoms with E-state index < -0.39 is 0 Å². The van der Waals surface area contributed by atoms with Crippen LogP contribution in [0.25, 0.3) is 0 Å². The van der Waals surface area contributed by atoms with E-state index in [-0.39, 0.29) is 17.9 Å². The van der Waals surface area contributed by atoms with E-state index in [0.717, 1.165) is 43.1 Å². The number of amides is 1. The van der Waals surface area contributed by atoms with Crippen LogP contribution in [0, 0.1) is 26.7 Å². The number of carbonyl (C=O) groups excluding carboxylic acids is 1. The molecule has 0 bridgehead atoms. The Labute approximate surface area is 174 Å². The van der Waals surface area contributed by atoms with Crippen molar-refractivity contribution in [3.05, 3.63) is 69.2 Å². The van der Waals surface area contributed by atoms with Gasteiger partial charge >= 0.3 is 0 Å². The number of hydrogen-bond donors (Lipinski definition) is 1. The Morgan fingerprint density at radius 1 is 1.18 bits per heavy atom. The number of carbonyl (C=O) groups is 1. The minimum absolute atomic E-state index is 0.0192. The molecule has 0 spiro atoms. The number of benzene rings is 2. The van der Waals surface area contributed by atoms with E-state index in [0.29, 0.717) is 0 Å². The average molecular weight is 399 g/mol.